The van der Waals surface area contributed by atoms with E-state index in [1.165, 1.54) is 29.2 Å². The SMILES string of the molecule is FC(F)=C(c1ccccc1)N1c2ccccc2[C@@H]2[C@H]1[C@@]2(c1ccccc1)C(F)(F)F. The molecule has 1 heterocycles. The van der Waals surface area contributed by atoms with Crippen molar-refractivity contribution in [2.45, 2.75) is 23.6 Å². The number of fused-ring (bicyclic) bond motifs is 3. The van der Waals surface area contributed by atoms with Gasteiger partial charge in [0, 0.05) is 17.2 Å². The van der Waals surface area contributed by atoms with Crippen LogP contribution in [0.15, 0.2) is 91.0 Å². The van der Waals surface area contributed by atoms with Crippen molar-refractivity contribution in [3.8, 4) is 0 Å². The third-order valence-electron chi connectivity index (χ3n) is 6.16. The maximum atomic E-state index is 14.6. The summed E-state index contributed by atoms with van der Waals surface area (Å²) in [5.41, 5.74) is -1.59. The second-order valence-electron chi connectivity index (χ2n) is 7.56. The van der Waals surface area contributed by atoms with Crippen molar-refractivity contribution >= 4 is 11.4 Å². The van der Waals surface area contributed by atoms with Crippen molar-refractivity contribution in [3.05, 3.63) is 108 Å². The van der Waals surface area contributed by atoms with E-state index in [2.05, 4.69) is 0 Å². The highest BCUT2D eigenvalue weighted by Gasteiger charge is 2.83. The van der Waals surface area contributed by atoms with Gasteiger partial charge >= 0.3 is 6.18 Å². The zero-order chi connectivity index (χ0) is 21.1. The number of hydrogen-bond donors (Lipinski definition) is 0. The van der Waals surface area contributed by atoms with Crippen LogP contribution in [0.3, 0.4) is 0 Å². The van der Waals surface area contributed by atoms with E-state index < -0.39 is 35.3 Å². The fourth-order valence-corrected chi connectivity index (χ4v) is 5.02. The third-order valence-corrected chi connectivity index (χ3v) is 6.16. The van der Waals surface area contributed by atoms with Crippen molar-refractivity contribution in [2.75, 3.05) is 4.90 Å². The van der Waals surface area contributed by atoms with Crippen LogP contribution >= 0.6 is 0 Å². The molecule has 3 atom stereocenters. The van der Waals surface area contributed by atoms with Crippen LogP contribution < -0.4 is 4.90 Å². The van der Waals surface area contributed by atoms with Crippen molar-refractivity contribution in [3.63, 3.8) is 0 Å². The molecule has 152 valence electrons. The van der Waals surface area contributed by atoms with Gasteiger partial charge in [0.25, 0.3) is 6.08 Å². The number of alkyl halides is 3. The Balaban J connectivity index is 1.76. The van der Waals surface area contributed by atoms with Gasteiger partial charge in [0.2, 0.25) is 0 Å². The number of benzene rings is 3. The van der Waals surface area contributed by atoms with E-state index in [-0.39, 0.29) is 11.1 Å². The molecule has 0 N–H and O–H groups in total. The van der Waals surface area contributed by atoms with Crippen LogP contribution in [-0.4, -0.2) is 12.2 Å². The molecule has 30 heavy (non-hydrogen) atoms. The molecule has 2 aliphatic rings. The molecule has 0 saturated heterocycles. The summed E-state index contributed by atoms with van der Waals surface area (Å²) in [5.74, 6) is -0.950. The minimum Gasteiger partial charge on any atom is -0.331 e. The molecule has 0 amide bonds. The number of para-hydroxylation sites is 1. The van der Waals surface area contributed by atoms with Gasteiger partial charge in [-0.05, 0) is 17.2 Å². The predicted octanol–water partition coefficient (Wildman–Crippen LogP) is 6.74. The molecule has 0 unspecified atom stereocenters. The summed E-state index contributed by atoms with van der Waals surface area (Å²) in [5, 5.41) is 0. The fraction of sp³-hybridized carbons (Fsp3) is 0.167. The lowest BCUT2D eigenvalue weighted by Gasteiger charge is -2.33. The van der Waals surface area contributed by atoms with E-state index in [9.17, 15) is 22.0 Å². The molecule has 1 fully saturated rings. The number of hydrogen-bond acceptors (Lipinski definition) is 1. The molecule has 1 aliphatic heterocycles. The van der Waals surface area contributed by atoms with Crippen LogP contribution in [0.25, 0.3) is 5.70 Å². The summed E-state index contributed by atoms with van der Waals surface area (Å²) < 4.78 is 72.3. The molecule has 1 nitrogen and oxygen atoms in total. The maximum absolute atomic E-state index is 14.6. The molecule has 3 aromatic rings. The molecule has 0 radical (unpaired) electrons. The first-order chi connectivity index (χ1) is 14.4. The van der Waals surface area contributed by atoms with Crippen LogP contribution in [0, 0.1) is 0 Å². The molecule has 3 aromatic carbocycles. The highest BCUT2D eigenvalue weighted by Crippen LogP contribution is 2.75. The van der Waals surface area contributed by atoms with Crippen LogP contribution in [0.1, 0.15) is 22.6 Å². The molecular weight excluding hydrogens is 397 g/mol. The van der Waals surface area contributed by atoms with Gasteiger partial charge in [0.1, 0.15) is 11.1 Å². The van der Waals surface area contributed by atoms with E-state index >= 15 is 0 Å². The Kier molecular flexibility index (Phi) is 4.04. The first-order valence-corrected chi connectivity index (χ1v) is 9.50. The van der Waals surface area contributed by atoms with Crippen molar-refractivity contribution in [2.24, 2.45) is 0 Å². The largest absolute Gasteiger partial charge is 0.401 e. The summed E-state index contributed by atoms with van der Waals surface area (Å²) in [6.07, 6.45) is -6.61. The average molecular weight is 413 g/mol. The topological polar surface area (TPSA) is 3.24 Å². The Hall–Kier alpha value is -3.15. The van der Waals surface area contributed by atoms with Gasteiger partial charge in [-0.2, -0.15) is 22.0 Å². The smallest absolute Gasteiger partial charge is 0.331 e. The molecule has 0 spiro atoms. The van der Waals surface area contributed by atoms with Crippen LogP contribution in [0.4, 0.5) is 27.6 Å². The Labute approximate surface area is 170 Å². The Morgan fingerprint density at radius 3 is 1.93 bits per heavy atom. The molecule has 0 aromatic heterocycles. The monoisotopic (exact) mass is 413 g/mol. The quantitative estimate of drug-likeness (QED) is 0.430. The first kappa shape index (κ1) is 18.9. The van der Waals surface area contributed by atoms with Crippen LogP contribution in [0.5, 0.6) is 0 Å². The highest BCUT2D eigenvalue weighted by molar-refractivity contribution is 5.89. The number of anilines is 1. The van der Waals surface area contributed by atoms with Gasteiger partial charge in [-0.3, -0.25) is 0 Å². The van der Waals surface area contributed by atoms with Crippen molar-refractivity contribution in [1.29, 1.82) is 0 Å². The van der Waals surface area contributed by atoms with Gasteiger partial charge in [0.05, 0.1) is 6.04 Å². The molecule has 1 aliphatic carbocycles. The Morgan fingerprint density at radius 1 is 0.767 bits per heavy atom. The molecule has 6 heteroatoms. The second-order valence-corrected chi connectivity index (χ2v) is 7.56. The Bertz CT molecular complexity index is 1120. The number of halogens is 5. The standard InChI is InChI=1S/C24H16F5N/c25-22(26)20(15-9-3-1-4-10-15)30-18-14-8-7-13-17(18)19-21(30)23(19,24(27,28)29)16-11-5-2-6-12-16/h1-14,19,21H/t19-,21+,23+/m1/s1. The normalized spacial score (nSPS) is 24.2. The maximum Gasteiger partial charge on any atom is 0.401 e. The molecular formula is C24H16F5N. The van der Waals surface area contributed by atoms with E-state index in [1.807, 2.05) is 0 Å². The van der Waals surface area contributed by atoms with Gasteiger partial charge in [-0.15, -0.1) is 0 Å². The summed E-state index contributed by atoms with van der Waals surface area (Å²) in [7, 11) is 0. The Morgan fingerprint density at radius 2 is 1.33 bits per heavy atom. The second kappa shape index (κ2) is 6.42. The van der Waals surface area contributed by atoms with Crippen molar-refractivity contribution in [1.82, 2.24) is 0 Å². The third kappa shape index (κ3) is 2.39. The van der Waals surface area contributed by atoms with E-state index in [1.54, 1.807) is 60.7 Å². The number of rotatable bonds is 3. The minimum absolute atomic E-state index is 0.0960. The highest BCUT2D eigenvalue weighted by atomic mass is 19.4. The molecule has 1 saturated carbocycles. The fourth-order valence-electron chi connectivity index (χ4n) is 5.02. The zero-order valence-electron chi connectivity index (χ0n) is 15.6. The van der Waals surface area contributed by atoms with E-state index in [4.69, 9.17) is 0 Å². The van der Waals surface area contributed by atoms with Gasteiger partial charge in [-0.1, -0.05) is 78.9 Å². The lowest BCUT2D eigenvalue weighted by Crippen LogP contribution is -2.40. The summed E-state index contributed by atoms with van der Waals surface area (Å²) >= 11 is 0. The minimum atomic E-state index is -4.61. The lowest BCUT2D eigenvalue weighted by atomic mass is 9.87. The summed E-state index contributed by atoms with van der Waals surface area (Å²) in [6.45, 7) is 0. The van der Waals surface area contributed by atoms with Gasteiger partial charge in [-0.25, -0.2) is 0 Å². The molecule has 0 bridgehead atoms. The summed E-state index contributed by atoms with van der Waals surface area (Å²) in [4.78, 5) is 1.20. The van der Waals surface area contributed by atoms with Gasteiger partial charge in [0.15, 0.2) is 0 Å². The first-order valence-electron chi connectivity index (χ1n) is 9.50. The summed E-state index contributed by atoms with van der Waals surface area (Å²) in [6, 6.07) is 20.8. The van der Waals surface area contributed by atoms with E-state index in [0.717, 1.165) is 0 Å². The molecule has 5 rings (SSSR count). The van der Waals surface area contributed by atoms with Gasteiger partial charge < -0.3 is 4.90 Å². The zero-order valence-corrected chi connectivity index (χ0v) is 15.6. The average Bonchev–Trinajstić information content (AvgIpc) is 3.34. The van der Waals surface area contributed by atoms with Crippen molar-refractivity contribution < 1.29 is 22.0 Å². The van der Waals surface area contributed by atoms with Crippen LogP contribution in [-0.2, 0) is 5.41 Å². The van der Waals surface area contributed by atoms with Crippen LogP contribution in [0.2, 0.25) is 0 Å². The number of nitrogens with zero attached hydrogens (tertiary/aromatic N) is 1. The van der Waals surface area contributed by atoms with E-state index in [0.29, 0.717) is 11.3 Å². The predicted molar refractivity (Wildman–Crippen MR) is 105 cm³/mol. The lowest BCUT2D eigenvalue weighted by molar-refractivity contribution is -0.163.